The van der Waals surface area contributed by atoms with Crippen molar-refractivity contribution in [3.63, 3.8) is 0 Å². The van der Waals surface area contributed by atoms with E-state index in [2.05, 4.69) is 4.98 Å². The number of nitrogens with zero attached hydrogens (tertiary/aromatic N) is 1. The molecule has 3 aromatic rings. The van der Waals surface area contributed by atoms with Crippen molar-refractivity contribution in [1.29, 1.82) is 0 Å². The van der Waals surface area contributed by atoms with Gasteiger partial charge in [0.2, 0.25) is 11.8 Å². The van der Waals surface area contributed by atoms with Crippen LogP contribution in [0, 0.1) is 0 Å². The number of hydrogen-bond donors (Lipinski definition) is 0. The molecule has 1 aromatic heterocycles. The Kier molecular flexibility index (Phi) is 5.17. The van der Waals surface area contributed by atoms with Gasteiger partial charge < -0.3 is 9.47 Å². The standard InChI is InChI=1S/C19H11F6NO2/c20-18(21,22)12-4-8-14(9-5-12)27-16-2-1-3-17(26-16)28-15-10-6-13(7-11-15)19(23,24)25/h1-11H. The minimum atomic E-state index is -4.45. The second-order valence-corrected chi connectivity index (χ2v) is 5.56. The van der Waals surface area contributed by atoms with Crippen molar-refractivity contribution in [2.45, 2.75) is 12.4 Å². The van der Waals surface area contributed by atoms with Gasteiger partial charge in [0.05, 0.1) is 11.1 Å². The number of pyridine rings is 1. The average molecular weight is 399 g/mol. The Labute approximate surface area is 155 Å². The lowest BCUT2D eigenvalue weighted by molar-refractivity contribution is -0.138. The zero-order valence-electron chi connectivity index (χ0n) is 13.9. The quantitative estimate of drug-likeness (QED) is 0.457. The molecule has 0 aliphatic rings. The van der Waals surface area contributed by atoms with Gasteiger partial charge in [-0.3, -0.25) is 0 Å². The maximum atomic E-state index is 12.6. The first-order valence-electron chi connectivity index (χ1n) is 7.78. The molecule has 0 atom stereocenters. The van der Waals surface area contributed by atoms with E-state index in [4.69, 9.17) is 9.47 Å². The maximum absolute atomic E-state index is 12.6. The number of alkyl halides is 6. The van der Waals surface area contributed by atoms with Crippen molar-refractivity contribution in [2.24, 2.45) is 0 Å². The van der Waals surface area contributed by atoms with Crippen LogP contribution in [0.15, 0.2) is 66.7 Å². The molecule has 3 nitrogen and oxygen atoms in total. The SMILES string of the molecule is FC(F)(F)c1ccc(Oc2cccc(Oc3ccc(C(F)(F)F)cc3)n2)cc1. The highest BCUT2D eigenvalue weighted by Crippen LogP contribution is 2.33. The summed E-state index contributed by atoms with van der Waals surface area (Å²) in [6.45, 7) is 0. The summed E-state index contributed by atoms with van der Waals surface area (Å²) in [5, 5.41) is 0. The van der Waals surface area contributed by atoms with E-state index in [1.807, 2.05) is 0 Å². The molecule has 0 spiro atoms. The highest BCUT2D eigenvalue weighted by molar-refractivity contribution is 5.34. The number of rotatable bonds is 4. The van der Waals surface area contributed by atoms with Gasteiger partial charge in [0, 0.05) is 12.1 Å². The number of ether oxygens (including phenoxy) is 2. The molecule has 2 aromatic carbocycles. The number of halogens is 6. The van der Waals surface area contributed by atoms with Gasteiger partial charge in [-0.15, -0.1) is 0 Å². The van der Waals surface area contributed by atoms with E-state index < -0.39 is 23.5 Å². The summed E-state index contributed by atoms with van der Waals surface area (Å²) in [6.07, 6.45) is -8.90. The van der Waals surface area contributed by atoms with Crippen LogP contribution in [0.2, 0.25) is 0 Å². The van der Waals surface area contributed by atoms with Crippen LogP contribution in [0.25, 0.3) is 0 Å². The summed E-state index contributed by atoms with van der Waals surface area (Å²) in [5.41, 5.74) is -1.63. The van der Waals surface area contributed by atoms with Crippen LogP contribution in [0.4, 0.5) is 26.3 Å². The molecule has 0 saturated heterocycles. The maximum Gasteiger partial charge on any atom is 0.416 e. The molecule has 0 N–H and O–H groups in total. The Morgan fingerprint density at radius 1 is 0.536 bits per heavy atom. The summed E-state index contributed by atoms with van der Waals surface area (Å²) >= 11 is 0. The Morgan fingerprint density at radius 3 is 1.21 bits per heavy atom. The molecule has 0 aliphatic heterocycles. The molecule has 0 aliphatic carbocycles. The molecule has 3 rings (SSSR count). The minimum absolute atomic E-state index is 0.0455. The van der Waals surface area contributed by atoms with E-state index >= 15 is 0 Å². The molecule has 0 radical (unpaired) electrons. The van der Waals surface area contributed by atoms with Crippen molar-refractivity contribution >= 4 is 0 Å². The summed E-state index contributed by atoms with van der Waals surface area (Å²) in [4.78, 5) is 4.02. The van der Waals surface area contributed by atoms with Gasteiger partial charge in [-0.1, -0.05) is 6.07 Å². The average Bonchev–Trinajstić information content (AvgIpc) is 2.61. The number of hydrogen-bond acceptors (Lipinski definition) is 3. The predicted molar refractivity (Wildman–Crippen MR) is 87.3 cm³/mol. The van der Waals surface area contributed by atoms with E-state index in [9.17, 15) is 26.3 Å². The van der Waals surface area contributed by atoms with E-state index in [1.54, 1.807) is 0 Å². The van der Waals surface area contributed by atoms with E-state index in [-0.39, 0.29) is 23.3 Å². The van der Waals surface area contributed by atoms with Crippen molar-refractivity contribution in [3.05, 3.63) is 77.9 Å². The predicted octanol–water partition coefficient (Wildman–Crippen LogP) is 6.70. The Bertz CT molecular complexity index is 860. The minimum Gasteiger partial charge on any atom is -0.439 e. The van der Waals surface area contributed by atoms with Gasteiger partial charge in [-0.25, -0.2) is 0 Å². The van der Waals surface area contributed by atoms with Gasteiger partial charge in [0.15, 0.2) is 0 Å². The van der Waals surface area contributed by atoms with Crippen LogP contribution in [-0.4, -0.2) is 4.98 Å². The molecule has 1 heterocycles. The summed E-state index contributed by atoms with van der Waals surface area (Å²) in [5.74, 6) is 0.354. The lowest BCUT2D eigenvalue weighted by atomic mass is 10.2. The highest BCUT2D eigenvalue weighted by Gasteiger charge is 2.30. The first-order valence-corrected chi connectivity index (χ1v) is 7.78. The van der Waals surface area contributed by atoms with E-state index in [1.165, 1.54) is 18.2 Å². The van der Waals surface area contributed by atoms with Crippen molar-refractivity contribution in [2.75, 3.05) is 0 Å². The molecule has 9 heteroatoms. The third kappa shape index (κ3) is 4.93. The molecular formula is C19H11F6NO2. The van der Waals surface area contributed by atoms with Crippen LogP contribution >= 0.6 is 0 Å². The fourth-order valence-corrected chi connectivity index (χ4v) is 2.17. The zero-order chi connectivity index (χ0) is 20.4. The summed E-state index contributed by atoms with van der Waals surface area (Å²) < 4.78 is 86.1. The second-order valence-electron chi connectivity index (χ2n) is 5.56. The monoisotopic (exact) mass is 399 g/mol. The zero-order valence-corrected chi connectivity index (χ0v) is 13.9. The topological polar surface area (TPSA) is 31.4 Å². The van der Waals surface area contributed by atoms with Gasteiger partial charge in [0.25, 0.3) is 0 Å². The van der Waals surface area contributed by atoms with E-state index in [0.29, 0.717) is 0 Å². The van der Waals surface area contributed by atoms with Gasteiger partial charge in [0.1, 0.15) is 11.5 Å². The fourth-order valence-electron chi connectivity index (χ4n) is 2.17. The Hall–Kier alpha value is -3.23. The van der Waals surface area contributed by atoms with Gasteiger partial charge in [-0.2, -0.15) is 31.3 Å². The normalized spacial score (nSPS) is 11.9. The van der Waals surface area contributed by atoms with Crippen LogP contribution in [0.3, 0.4) is 0 Å². The van der Waals surface area contributed by atoms with Crippen molar-refractivity contribution < 1.29 is 35.8 Å². The molecule has 0 unspecified atom stereocenters. The third-order valence-corrected chi connectivity index (χ3v) is 3.51. The second kappa shape index (κ2) is 7.41. The van der Waals surface area contributed by atoms with Crippen LogP contribution in [-0.2, 0) is 12.4 Å². The smallest absolute Gasteiger partial charge is 0.416 e. The van der Waals surface area contributed by atoms with E-state index in [0.717, 1.165) is 48.5 Å². The molecule has 0 fully saturated rings. The molecule has 0 saturated carbocycles. The third-order valence-electron chi connectivity index (χ3n) is 3.51. The number of aromatic nitrogens is 1. The molecule has 28 heavy (non-hydrogen) atoms. The molecule has 146 valence electrons. The highest BCUT2D eigenvalue weighted by atomic mass is 19.4. The first kappa shape index (κ1) is 19.5. The molecule has 0 bridgehead atoms. The van der Waals surface area contributed by atoms with Gasteiger partial charge >= 0.3 is 12.4 Å². The number of benzene rings is 2. The summed E-state index contributed by atoms with van der Waals surface area (Å²) in [6, 6.07) is 12.5. The van der Waals surface area contributed by atoms with Crippen LogP contribution < -0.4 is 9.47 Å². The summed E-state index contributed by atoms with van der Waals surface area (Å²) in [7, 11) is 0. The Balaban J connectivity index is 1.70. The van der Waals surface area contributed by atoms with Crippen molar-refractivity contribution in [3.8, 4) is 23.3 Å². The van der Waals surface area contributed by atoms with Gasteiger partial charge in [-0.05, 0) is 48.5 Å². The van der Waals surface area contributed by atoms with Crippen LogP contribution in [0.5, 0.6) is 23.3 Å². The van der Waals surface area contributed by atoms with Crippen molar-refractivity contribution in [1.82, 2.24) is 4.98 Å². The first-order chi connectivity index (χ1) is 13.1. The van der Waals surface area contributed by atoms with Crippen LogP contribution in [0.1, 0.15) is 11.1 Å². The molecular weight excluding hydrogens is 388 g/mol. The molecule has 0 amide bonds. The largest absolute Gasteiger partial charge is 0.439 e. The lowest BCUT2D eigenvalue weighted by Crippen LogP contribution is -2.04. The Morgan fingerprint density at radius 2 is 0.893 bits per heavy atom. The lowest BCUT2D eigenvalue weighted by Gasteiger charge is -2.10. The fraction of sp³-hybridized carbons (Fsp3) is 0.105.